The van der Waals surface area contributed by atoms with Gasteiger partial charge in [0.15, 0.2) is 35.7 Å². The summed E-state index contributed by atoms with van der Waals surface area (Å²) in [6.45, 7) is 5.61. The minimum Gasteiger partial charge on any atom is -1.00 e. The largest absolute Gasteiger partial charge is 1.00 e. The highest BCUT2D eigenvalue weighted by molar-refractivity contribution is 5.94. The number of fused-ring (bicyclic) bond motifs is 5. The van der Waals surface area contributed by atoms with Crippen molar-refractivity contribution in [1.29, 1.82) is 0 Å². The van der Waals surface area contributed by atoms with Gasteiger partial charge in [0.1, 0.15) is 5.82 Å². The summed E-state index contributed by atoms with van der Waals surface area (Å²) in [5.74, 6) is 3.33. The lowest BCUT2D eigenvalue weighted by molar-refractivity contribution is -0.686. The molecule has 196 valence electrons. The average molecular weight is 533 g/mol. The summed E-state index contributed by atoms with van der Waals surface area (Å²) < 4.78 is 19.1. The van der Waals surface area contributed by atoms with E-state index in [2.05, 4.69) is 49.8 Å². The van der Waals surface area contributed by atoms with Gasteiger partial charge < -0.3 is 36.6 Å². The van der Waals surface area contributed by atoms with E-state index in [0.717, 1.165) is 90.6 Å². The lowest BCUT2D eigenvalue weighted by atomic mass is 9.94. The van der Waals surface area contributed by atoms with E-state index in [-0.39, 0.29) is 24.9 Å². The van der Waals surface area contributed by atoms with Crippen molar-refractivity contribution in [2.24, 2.45) is 0 Å². The second kappa shape index (κ2) is 9.85. The molecule has 0 aliphatic carbocycles. The molecule has 0 bridgehead atoms. The minimum atomic E-state index is 0. The van der Waals surface area contributed by atoms with E-state index < -0.39 is 0 Å². The van der Waals surface area contributed by atoms with E-state index >= 15 is 0 Å². The van der Waals surface area contributed by atoms with Gasteiger partial charge in [-0.15, -0.1) is 0 Å². The Morgan fingerprint density at radius 1 is 1.03 bits per heavy atom. The number of ether oxygens (including phenoxy) is 3. The Morgan fingerprint density at radius 2 is 1.84 bits per heavy atom. The number of piperazine rings is 1. The number of aryl methyl sites for hydroxylation is 2. The molecule has 5 heterocycles. The number of phenols is 1. The number of halogens is 1. The fraction of sp³-hybridized carbons (Fsp3) is 0.310. The van der Waals surface area contributed by atoms with Crippen LogP contribution < -0.4 is 36.1 Å². The van der Waals surface area contributed by atoms with Crippen molar-refractivity contribution in [3.05, 3.63) is 66.0 Å². The molecule has 0 radical (unpaired) electrons. The molecule has 1 fully saturated rings. The number of aromatic hydroxyl groups is 1. The van der Waals surface area contributed by atoms with Crippen LogP contribution in [0.1, 0.15) is 11.1 Å². The average Bonchev–Trinajstić information content (AvgIpc) is 3.41. The fourth-order valence-electron chi connectivity index (χ4n) is 5.77. The van der Waals surface area contributed by atoms with Crippen LogP contribution in [0.15, 0.2) is 54.9 Å². The van der Waals surface area contributed by atoms with Crippen LogP contribution in [0.5, 0.6) is 23.0 Å². The minimum absolute atomic E-state index is 0. The first-order valence-corrected chi connectivity index (χ1v) is 12.8. The number of pyridine rings is 2. The summed E-state index contributed by atoms with van der Waals surface area (Å²) in [5.41, 5.74) is 4.68. The van der Waals surface area contributed by atoms with Gasteiger partial charge in [0.2, 0.25) is 12.5 Å². The standard InChI is InChI=1S/C29H28N4O4.ClH/c1-35-27-13-20(16-31-8-10-32(11-9-31)28-4-2-3-6-30-28)21-14-24-22-15-26-25(36-18-37-26)12-19(22)5-7-33(24)17-23(21)29(27)34;/h2-4,6,12-15,17H,5,7-11,16,18H2,1H3;1H. The van der Waals surface area contributed by atoms with Crippen LogP contribution in [-0.4, -0.2) is 55.1 Å². The monoisotopic (exact) mass is 532 g/mol. The van der Waals surface area contributed by atoms with E-state index in [0.29, 0.717) is 5.75 Å². The SMILES string of the molecule is COc1cc(CN2CCN(c3ccccn3)CC2)c2cc3[n+](cc2c1O)CCc1cc2c(cc1-3)OCO2.[Cl-]. The van der Waals surface area contributed by atoms with Gasteiger partial charge >= 0.3 is 0 Å². The second-order valence-corrected chi connectivity index (χ2v) is 9.83. The van der Waals surface area contributed by atoms with Crippen molar-refractivity contribution < 1.29 is 36.3 Å². The first kappa shape index (κ1) is 24.6. The van der Waals surface area contributed by atoms with Crippen LogP contribution in [0.3, 0.4) is 0 Å². The molecule has 3 aliphatic rings. The molecule has 9 heteroatoms. The van der Waals surface area contributed by atoms with E-state index in [1.807, 2.05) is 24.4 Å². The predicted octanol–water partition coefficient (Wildman–Crippen LogP) is 0.515. The number of nitrogens with zero attached hydrogens (tertiary/aromatic N) is 4. The maximum atomic E-state index is 11.1. The summed E-state index contributed by atoms with van der Waals surface area (Å²) in [5, 5.41) is 12.9. The summed E-state index contributed by atoms with van der Waals surface area (Å²) in [6, 6.07) is 14.5. The molecule has 0 spiro atoms. The zero-order chi connectivity index (χ0) is 24.9. The van der Waals surface area contributed by atoms with Crippen LogP contribution in [-0.2, 0) is 19.5 Å². The third-order valence-corrected chi connectivity index (χ3v) is 7.76. The topological polar surface area (TPSA) is 71.2 Å². The molecule has 0 saturated carbocycles. The van der Waals surface area contributed by atoms with Crippen LogP contribution in [0.25, 0.3) is 22.0 Å². The highest BCUT2D eigenvalue weighted by Crippen LogP contribution is 2.42. The number of anilines is 1. The number of aromatic nitrogens is 2. The number of benzene rings is 2. The highest BCUT2D eigenvalue weighted by atomic mass is 35.5. The molecule has 7 rings (SSSR count). The third kappa shape index (κ3) is 4.14. The molecule has 3 aliphatic heterocycles. The fourth-order valence-corrected chi connectivity index (χ4v) is 5.77. The number of methoxy groups -OCH3 is 1. The van der Waals surface area contributed by atoms with Gasteiger partial charge in [-0.25, -0.2) is 4.98 Å². The maximum Gasteiger partial charge on any atom is 0.231 e. The van der Waals surface area contributed by atoms with Crippen LogP contribution in [0, 0.1) is 0 Å². The summed E-state index contributed by atoms with van der Waals surface area (Å²) >= 11 is 0. The van der Waals surface area contributed by atoms with Crippen molar-refractivity contribution in [2.45, 2.75) is 19.5 Å². The lowest BCUT2D eigenvalue weighted by Gasteiger charge is -2.35. The van der Waals surface area contributed by atoms with Crippen LogP contribution in [0.2, 0.25) is 0 Å². The van der Waals surface area contributed by atoms with Gasteiger partial charge in [-0.05, 0) is 41.5 Å². The summed E-state index contributed by atoms with van der Waals surface area (Å²) in [4.78, 5) is 9.30. The van der Waals surface area contributed by atoms with E-state index in [4.69, 9.17) is 14.2 Å². The van der Waals surface area contributed by atoms with Gasteiger partial charge in [0.25, 0.3) is 0 Å². The van der Waals surface area contributed by atoms with Gasteiger partial charge in [-0.1, -0.05) is 6.07 Å². The van der Waals surface area contributed by atoms with Crippen molar-refractivity contribution in [2.75, 3.05) is 45.0 Å². The Bertz CT molecular complexity index is 1510. The second-order valence-electron chi connectivity index (χ2n) is 9.83. The smallest absolute Gasteiger partial charge is 0.231 e. The van der Waals surface area contributed by atoms with Gasteiger partial charge in [-0.2, -0.15) is 4.57 Å². The zero-order valence-corrected chi connectivity index (χ0v) is 21.9. The van der Waals surface area contributed by atoms with E-state index in [1.165, 1.54) is 5.56 Å². The molecule has 38 heavy (non-hydrogen) atoms. The third-order valence-electron chi connectivity index (χ3n) is 7.76. The Hall–Kier alpha value is -3.75. The quantitative estimate of drug-likeness (QED) is 0.384. The van der Waals surface area contributed by atoms with Crippen molar-refractivity contribution >= 4 is 16.6 Å². The number of hydrogen-bond acceptors (Lipinski definition) is 7. The highest BCUT2D eigenvalue weighted by Gasteiger charge is 2.29. The summed E-state index contributed by atoms with van der Waals surface area (Å²) in [7, 11) is 1.61. The number of hydrogen-bond donors (Lipinski definition) is 1. The predicted molar refractivity (Wildman–Crippen MR) is 139 cm³/mol. The van der Waals surface area contributed by atoms with E-state index in [9.17, 15) is 5.11 Å². The van der Waals surface area contributed by atoms with Crippen LogP contribution in [0.4, 0.5) is 5.82 Å². The van der Waals surface area contributed by atoms with Crippen molar-refractivity contribution in [3.8, 4) is 34.3 Å². The molecule has 0 amide bonds. The maximum absolute atomic E-state index is 11.1. The van der Waals surface area contributed by atoms with Gasteiger partial charge in [0, 0.05) is 56.8 Å². The Labute approximate surface area is 227 Å². The first-order chi connectivity index (χ1) is 18.2. The normalized spacial score (nSPS) is 16.1. The van der Waals surface area contributed by atoms with Crippen LogP contribution >= 0.6 is 0 Å². The molecular weight excluding hydrogens is 504 g/mol. The lowest BCUT2D eigenvalue weighted by Crippen LogP contribution is -3.00. The molecule has 1 N–H and O–H groups in total. The Balaban J connectivity index is 0.00000264. The Morgan fingerprint density at radius 3 is 2.61 bits per heavy atom. The molecule has 1 saturated heterocycles. The van der Waals surface area contributed by atoms with Crippen molar-refractivity contribution in [3.63, 3.8) is 0 Å². The molecule has 2 aromatic carbocycles. The molecule has 0 atom stereocenters. The van der Waals surface area contributed by atoms with Crippen molar-refractivity contribution in [1.82, 2.24) is 9.88 Å². The number of rotatable bonds is 4. The van der Waals surface area contributed by atoms with Gasteiger partial charge in [-0.3, -0.25) is 4.90 Å². The first-order valence-electron chi connectivity index (χ1n) is 12.8. The van der Waals surface area contributed by atoms with E-state index in [1.54, 1.807) is 7.11 Å². The summed E-state index contributed by atoms with van der Waals surface area (Å²) in [6.07, 6.45) is 4.81. The molecule has 8 nitrogen and oxygen atoms in total. The molecule has 4 aromatic rings. The number of phenolic OH excluding ortho intramolecular Hbond substituents is 1. The zero-order valence-electron chi connectivity index (χ0n) is 21.2. The molecular formula is C29H29ClN4O4. The molecule has 0 unspecified atom stereocenters. The van der Waals surface area contributed by atoms with Gasteiger partial charge in [0.05, 0.1) is 18.1 Å². The Kier molecular flexibility index (Phi) is 6.37. The molecule has 2 aromatic heterocycles.